The van der Waals surface area contributed by atoms with E-state index in [0.717, 1.165) is 0 Å². The van der Waals surface area contributed by atoms with E-state index in [-0.39, 0.29) is 23.9 Å². The summed E-state index contributed by atoms with van der Waals surface area (Å²) < 4.78 is 6.98. The molecule has 4 rings (SSSR count). The fourth-order valence-electron chi connectivity index (χ4n) is 3.79. The molecule has 1 aliphatic heterocycles. The number of aryl methyl sites for hydroxylation is 1. The molecule has 1 aliphatic carbocycles. The molecule has 0 aromatic carbocycles. The van der Waals surface area contributed by atoms with Crippen LogP contribution in [0.4, 0.5) is 5.82 Å². The third kappa shape index (κ3) is 4.56. The third-order valence-corrected chi connectivity index (χ3v) is 5.51. The van der Waals surface area contributed by atoms with Crippen LogP contribution in [-0.4, -0.2) is 69.3 Å². The maximum absolute atomic E-state index is 13.0. The van der Waals surface area contributed by atoms with Crippen molar-refractivity contribution in [3.8, 4) is 0 Å². The Hall–Kier alpha value is -2.68. The predicted octanol–water partition coefficient (Wildman–Crippen LogP) is 2.21. The van der Waals surface area contributed by atoms with Gasteiger partial charge < -0.3 is 14.7 Å². The Balaban J connectivity index is 1.33. The number of rotatable bonds is 5. The van der Waals surface area contributed by atoms with Crippen molar-refractivity contribution in [3.05, 3.63) is 29.3 Å². The smallest absolute Gasteiger partial charge is 0.274 e. The molecular weight excluding hydrogens is 384 g/mol. The molecule has 2 fully saturated rings. The van der Waals surface area contributed by atoms with Crippen molar-refractivity contribution >= 4 is 17.6 Å². The SMILES string of the molecule is Cc1cc(NC(=O)CN2CCN(C(=O)c3cc(C4CC4)n(C(C)(C)C)n3)CC2)no1. The van der Waals surface area contributed by atoms with Gasteiger partial charge in [0.1, 0.15) is 5.76 Å². The predicted molar refractivity (Wildman–Crippen MR) is 111 cm³/mol. The Morgan fingerprint density at radius 1 is 1.17 bits per heavy atom. The van der Waals surface area contributed by atoms with E-state index in [9.17, 15) is 9.59 Å². The van der Waals surface area contributed by atoms with Crippen molar-refractivity contribution in [1.29, 1.82) is 0 Å². The first-order chi connectivity index (χ1) is 14.2. The van der Waals surface area contributed by atoms with Crippen LogP contribution in [0.3, 0.4) is 0 Å². The second-order valence-corrected chi connectivity index (χ2v) is 9.25. The summed E-state index contributed by atoms with van der Waals surface area (Å²) in [6.07, 6.45) is 2.34. The number of anilines is 1. The molecule has 30 heavy (non-hydrogen) atoms. The van der Waals surface area contributed by atoms with Gasteiger partial charge in [-0.25, -0.2) is 0 Å². The topological polar surface area (TPSA) is 96.5 Å². The number of amides is 2. The van der Waals surface area contributed by atoms with E-state index in [1.165, 1.54) is 18.5 Å². The van der Waals surface area contributed by atoms with Gasteiger partial charge >= 0.3 is 0 Å². The van der Waals surface area contributed by atoms with Crippen LogP contribution in [0.25, 0.3) is 0 Å². The molecule has 0 spiro atoms. The summed E-state index contributed by atoms with van der Waals surface area (Å²) in [7, 11) is 0. The van der Waals surface area contributed by atoms with E-state index in [1.807, 2.05) is 20.5 Å². The quantitative estimate of drug-likeness (QED) is 0.806. The molecule has 2 aromatic rings. The summed E-state index contributed by atoms with van der Waals surface area (Å²) in [5.41, 5.74) is 1.55. The van der Waals surface area contributed by atoms with Gasteiger partial charge in [0.25, 0.3) is 5.91 Å². The minimum Gasteiger partial charge on any atom is -0.360 e. The Labute approximate surface area is 176 Å². The highest BCUT2D eigenvalue weighted by atomic mass is 16.5. The molecule has 162 valence electrons. The zero-order valence-electron chi connectivity index (χ0n) is 18.1. The van der Waals surface area contributed by atoms with Gasteiger partial charge in [0.2, 0.25) is 5.91 Å². The fraction of sp³-hybridized carbons (Fsp3) is 0.619. The van der Waals surface area contributed by atoms with Gasteiger partial charge in [-0.2, -0.15) is 5.10 Å². The molecule has 1 saturated heterocycles. The number of hydrogen-bond donors (Lipinski definition) is 1. The molecule has 1 N–H and O–H groups in total. The average molecular weight is 415 g/mol. The molecule has 1 saturated carbocycles. The first-order valence-corrected chi connectivity index (χ1v) is 10.6. The molecule has 2 aliphatic rings. The van der Waals surface area contributed by atoms with Crippen LogP contribution in [0.5, 0.6) is 0 Å². The maximum atomic E-state index is 13.0. The molecule has 0 atom stereocenters. The van der Waals surface area contributed by atoms with E-state index in [4.69, 9.17) is 4.52 Å². The molecular formula is C21H30N6O3. The molecule has 9 heteroatoms. The Morgan fingerprint density at radius 3 is 2.43 bits per heavy atom. The molecule has 3 heterocycles. The van der Waals surface area contributed by atoms with E-state index >= 15 is 0 Å². The van der Waals surface area contributed by atoms with E-state index in [1.54, 1.807) is 13.0 Å². The van der Waals surface area contributed by atoms with Crippen LogP contribution < -0.4 is 5.32 Å². The zero-order valence-corrected chi connectivity index (χ0v) is 18.1. The highest BCUT2D eigenvalue weighted by Crippen LogP contribution is 2.41. The van der Waals surface area contributed by atoms with Crippen LogP contribution in [0.15, 0.2) is 16.7 Å². The fourth-order valence-corrected chi connectivity index (χ4v) is 3.79. The monoisotopic (exact) mass is 414 g/mol. The van der Waals surface area contributed by atoms with Crippen molar-refractivity contribution in [2.24, 2.45) is 0 Å². The number of nitrogens with one attached hydrogen (secondary N) is 1. The third-order valence-electron chi connectivity index (χ3n) is 5.51. The van der Waals surface area contributed by atoms with Gasteiger partial charge in [0.05, 0.1) is 12.1 Å². The number of hydrogen-bond acceptors (Lipinski definition) is 6. The molecule has 2 aromatic heterocycles. The number of carbonyl (C=O) groups excluding carboxylic acids is 2. The Bertz CT molecular complexity index is 929. The van der Waals surface area contributed by atoms with Crippen LogP contribution in [0.2, 0.25) is 0 Å². The first-order valence-electron chi connectivity index (χ1n) is 10.6. The van der Waals surface area contributed by atoms with Gasteiger partial charge in [-0.1, -0.05) is 5.16 Å². The van der Waals surface area contributed by atoms with Gasteiger partial charge in [0.15, 0.2) is 11.5 Å². The average Bonchev–Trinajstić information content (AvgIpc) is 3.29. The molecule has 0 unspecified atom stereocenters. The number of piperazine rings is 1. The Morgan fingerprint density at radius 2 is 1.87 bits per heavy atom. The van der Waals surface area contributed by atoms with Crippen LogP contribution >= 0.6 is 0 Å². The largest absolute Gasteiger partial charge is 0.360 e. The molecule has 0 bridgehead atoms. The van der Waals surface area contributed by atoms with Crippen LogP contribution in [0.1, 0.15) is 61.5 Å². The lowest BCUT2D eigenvalue weighted by molar-refractivity contribution is -0.117. The lowest BCUT2D eigenvalue weighted by atomic mass is 10.1. The maximum Gasteiger partial charge on any atom is 0.274 e. The molecule has 9 nitrogen and oxygen atoms in total. The van der Waals surface area contributed by atoms with E-state index in [2.05, 4.69) is 36.3 Å². The lowest BCUT2D eigenvalue weighted by Crippen LogP contribution is -2.50. The van der Waals surface area contributed by atoms with Crippen molar-refractivity contribution in [3.63, 3.8) is 0 Å². The highest BCUT2D eigenvalue weighted by Gasteiger charge is 2.34. The van der Waals surface area contributed by atoms with Crippen molar-refractivity contribution < 1.29 is 14.1 Å². The normalized spacial score (nSPS) is 17.9. The lowest BCUT2D eigenvalue weighted by Gasteiger charge is -2.33. The molecule has 2 amide bonds. The van der Waals surface area contributed by atoms with Crippen molar-refractivity contribution in [2.45, 2.75) is 52.0 Å². The summed E-state index contributed by atoms with van der Waals surface area (Å²) in [6.45, 7) is 10.8. The summed E-state index contributed by atoms with van der Waals surface area (Å²) in [5.74, 6) is 1.44. The summed E-state index contributed by atoms with van der Waals surface area (Å²) in [5, 5.41) is 11.2. The van der Waals surface area contributed by atoms with Crippen molar-refractivity contribution in [2.75, 3.05) is 38.0 Å². The Kier molecular flexibility index (Phi) is 5.40. The summed E-state index contributed by atoms with van der Waals surface area (Å²) in [6, 6.07) is 3.66. The summed E-state index contributed by atoms with van der Waals surface area (Å²) in [4.78, 5) is 29.1. The number of aromatic nitrogens is 3. The van der Waals surface area contributed by atoms with E-state index < -0.39 is 0 Å². The minimum absolute atomic E-state index is 0.0259. The summed E-state index contributed by atoms with van der Waals surface area (Å²) >= 11 is 0. The van der Waals surface area contributed by atoms with Crippen LogP contribution in [0, 0.1) is 6.92 Å². The number of nitrogens with zero attached hydrogens (tertiary/aromatic N) is 5. The standard InChI is InChI=1S/C21H30N6O3/c1-14-11-18(24-30-14)22-19(28)13-25-7-9-26(10-8-25)20(29)16-12-17(15-5-6-15)27(23-16)21(2,3)4/h11-12,15H,5-10,13H2,1-4H3,(H,22,24,28). The van der Waals surface area contributed by atoms with Gasteiger partial charge in [-0.05, 0) is 46.6 Å². The second kappa shape index (κ2) is 7.86. The first kappa shape index (κ1) is 20.6. The highest BCUT2D eigenvalue weighted by molar-refractivity contribution is 5.93. The van der Waals surface area contributed by atoms with Gasteiger partial charge in [0, 0.05) is 43.9 Å². The van der Waals surface area contributed by atoms with Gasteiger partial charge in [-0.3, -0.25) is 19.2 Å². The zero-order chi connectivity index (χ0) is 21.5. The van der Waals surface area contributed by atoms with Crippen molar-refractivity contribution in [1.82, 2.24) is 24.7 Å². The number of carbonyl (C=O) groups is 2. The van der Waals surface area contributed by atoms with E-state index in [0.29, 0.717) is 49.4 Å². The van der Waals surface area contributed by atoms with Gasteiger partial charge in [-0.15, -0.1) is 0 Å². The molecule has 0 radical (unpaired) electrons. The minimum atomic E-state index is -0.148. The second-order valence-electron chi connectivity index (χ2n) is 9.25. The van der Waals surface area contributed by atoms with Crippen LogP contribution in [-0.2, 0) is 10.3 Å².